The van der Waals surface area contributed by atoms with Gasteiger partial charge in [0.2, 0.25) is 5.89 Å². The highest BCUT2D eigenvalue weighted by molar-refractivity contribution is 5.53. The van der Waals surface area contributed by atoms with Crippen LogP contribution >= 0.6 is 0 Å². The Balaban J connectivity index is 2.05. The number of rotatable bonds is 6. The topological polar surface area (TPSA) is 55.1 Å². The molecule has 1 heterocycles. The fourth-order valence-corrected chi connectivity index (χ4v) is 1.73. The lowest BCUT2D eigenvalue weighted by molar-refractivity contribution is -0.107. The molecule has 0 bridgehead atoms. The molecule has 0 aliphatic heterocycles. The molecular weight excluding hydrogens is 228 g/mol. The molecule has 0 atom stereocenters. The summed E-state index contributed by atoms with van der Waals surface area (Å²) in [6, 6.07) is 9.82. The number of aromatic nitrogens is 1. The van der Waals surface area contributed by atoms with Crippen LogP contribution in [0.3, 0.4) is 0 Å². The maximum Gasteiger partial charge on any atom is 0.226 e. The van der Waals surface area contributed by atoms with E-state index >= 15 is 0 Å². The molecule has 1 N–H and O–H groups in total. The molecule has 0 unspecified atom stereocenters. The van der Waals surface area contributed by atoms with Crippen LogP contribution in [0.15, 0.2) is 34.7 Å². The van der Waals surface area contributed by atoms with Crippen molar-refractivity contribution in [2.45, 2.75) is 13.3 Å². The highest BCUT2D eigenvalue weighted by Gasteiger charge is 2.10. The van der Waals surface area contributed by atoms with E-state index in [1.807, 2.05) is 37.3 Å². The third kappa shape index (κ3) is 3.05. The fraction of sp³-hybridized carbons (Fsp3) is 0.286. The van der Waals surface area contributed by atoms with E-state index in [1.54, 1.807) is 0 Å². The predicted molar refractivity (Wildman–Crippen MR) is 69.3 cm³/mol. The summed E-state index contributed by atoms with van der Waals surface area (Å²) in [5, 5.41) is 3.01. The maximum absolute atomic E-state index is 10.2. The second-order valence-corrected chi connectivity index (χ2v) is 4.01. The lowest BCUT2D eigenvalue weighted by atomic mass is 10.2. The molecule has 0 fully saturated rings. The molecular formula is C14H16N2O2. The minimum absolute atomic E-state index is 0.377. The van der Waals surface area contributed by atoms with Gasteiger partial charge in [-0.3, -0.25) is 0 Å². The van der Waals surface area contributed by atoms with Crippen molar-refractivity contribution in [3.05, 3.63) is 41.8 Å². The van der Waals surface area contributed by atoms with Gasteiger partial charge < -0.3 is 14.5 Å². The zero-order valence-electron chi connectivity index (χ0n) is 10.3. The minimum atomic E-state index is 0.377. The first-order valence-electron chi connectivity index (χ1n) is 5.97. The van der Waals surface area contributed by atoms with Crippen LogP contribution in [0.1, 0.15) is 11.5 Å². The molecule has 94 valence electrons. The van der Waals surface area contributed by atoms with Gasteiger partial charge in [-0.05, 0) is 19.1 Å². The Morgan fingerprint density at radius 3 is 2.83 bits per heavy atom. The predicted octanol–water partition coefficient (Wildman–Crippen LogP) is 1.98. The molecule has 0 saturated heterocycles. The number of aryl methyl sites for hydroxylation is 1. The van der Waals surface area contributed by atoms with Gasteiger partial charge in [-0.25, -0.2) is 4.98 Å². The zero-order chi connectivity index (χ0) is 12.8. The van der Waals surface area contributed by atoms with Crippen LogP contribution in [-0.2, 0) is 11.2 Å². The second kappa shape index (κ2) is 6.12. The van der Waals surface area contributed by atoms with Crippen LogP contribution in [0, 0.1) is 6.92 Å². The van der Waals surface area contributed by atoms with Crippen molar-refractivity contribution in [3.8, 4) is 11.5 Å². The highest BCUT2D eigenvalue weighted by Crippen LogP contribution is 2.21. The van der Waals surface area contributed by atoms with Gasteiger partial charge in [0.05, 0.1) is 12.2 Å². The van der Waals surface area contributed by atoms with Crippen molar-refractivity contribution in [2.24, 2.45) is 0 Å². The Bertz CT molecular complexity index is 506. The Hall–Kier alpha value is -1.94. The van der Waals surface area contributed by atoms with Crippen molar-refractivity contribution in [1.29, 1.82) is 0 Å². The van der Waals surface area contributed by atoms with Crippen molar-refractivity contribution < 1.29 is 9.21 Å². The second-order valence-electron chi connectivity index (χ2n) is 4.01. The number of aldehydes is 1. The number of oxazole rings is 1. The molecule has 0 aliphatic rings. The molecule has 0 saturated carbocycles. The lowest BCUT2D eigenvalue weighted by Gasteiger charge is -1.97. The molecule has 2 rings (SSSR count). The molecule has 1 aromatic carbocycles. The highest BCUT2D eigenvalue weighted by atomic mass is 16.4. The largest absolute Gasteiger partial charge is 0.441 e. The molecule has 0 amide bonds. The zero-order valence-corrected chi connectivity index (χ0v) is 10.3. The van der Waals surface area contributed by atoms with Gasteiger partial charge in [-0.1, -0.05) is 18.2 Å². The molecule has 18 heavy (non-hydrogen) atoms. The van der Waals surface area contributed by atoms with Crippen LogP contribution in [0.5, 0.6) is 0 Å². The van der Waals surface area contributed by atoms with E-state index in [9.17, 15) is 4.79 Å². The summed E-state index contributed by atoms with van der Waals surface area (Å²) in [7, 11) is 0. The summed E-state index contributed by atoms with van der Waals surface area (Å²) < 4.78 is 5.65. The Morgan fingerprint density at radius 1 is 1.33 bits per heavy atom. The molecule has 2 aromatic rings. The van der Waals surface area contributed by atoms with Gasteiger partial charge in [0, 0.05) is 18.5 Å². The number of hydrogen-bond acceptors (Lipinski definition) is 4. The van der Waals surface area contributed by atoms with E-state index in [0.717, 1.165) is 36.3 Å². The number of nitrogens with one attached hydrogen (secondary N) is 1. The van der Waals surface area contributed by atoms with E-state index in [0.29, 0.717) is 12.4 Å². The van der Waals surface area contributed by atoms with E-state index in [2.05, 4.69) is 10.3 Å². The van der Waals surface area contributed by atoms with Crippen LogP contribution in [0.25, 0.3) is 11.5 Å². The van der Waals surface area contributed by atoms with E-state index in [-0.39, 0.29) is 0 Å². The molecule has 4 nitrogen and oxygen atoms in total. The van der Waals surface area contributed by atoms with Crippen LogP contribution in [0.4, 0.5) is 0 Å². The van der Waals surface area contributed by atoms with Gasteiger partial charge >= 0.3 is 0 Å². The summed E-state index contributed by atoms with van der Waals surface area (Å²) in [5.41, 5.74) is 1.92. The van der Waals surface area contributed by atoms with Crippen LogP contribution in [0.2, 0.25) is 0 Å². The van der Waals surface area contributed by atoms with Gasteiger partial charge in [0.25, 0.3) is 0 Å². The number of hydrogen-bond donors (Lipinski definition) is 1. The first-order valence-corrected chi connectivity index (χ1v) is 5.97. The summed E-state index contributed by atoms with van der Waals surface area (Å²) in [6.07, 6.45) is 1.61. The lowest BCUT2D eigenvalue weighted by Crippen LogP contribution is -2.19. The fourth-order valence-electron chi connectivity index (χ4n) is 1.73. The van der Waals surface area contributed by atoms with Gasteiger partial charge in [-0.15, -0.1) is 0 Å². The number of carbonyl (C=O) groups excluding carboxylic acids is 1. The van der Waals surface area contributed by atoms with Crippen LogP contribution < -0.4 is 5.32 Å². The SMILES string of the molecule is Cc1oc(-c2ccccc2)nc1CCNCC=O. The number of nitrogens with zero attached hydrogens (tertiary/aromatic N) is 1. The van der Waals surface area contributed by atoms with E-state index < -0.39 is 0 Å². The molecule has 0 spiro atoms. The summed E-state index contributed by atoms with van der Waals surface area (Å²) in [5.74, 6) is 1.49. The summed E-state index contributed by atoms with van der Waals surface area (Å²) in [4.78, 5) is 14.7. The third-order valence-corrected chi connectivity index (χ3v) is 2.68. The first-order chi connectivity index (χ1) is 8.81. The average molecular weight is 244 g/mol. The van der Waals surface area contributed by atoms with Gasteiger partial charge in [-0.2, -0.15) is 0 Å². The van der Waals surface area contributed by atoms with Crippen LogP contribution in [-0.4, -0.2) is 24.4 Å². The Labute approximate surface area is 106 Å². The average Bonchev–Trinajstić information content (AvgIpc) is 2.77. The molecule has 0 aliphatic carbocycles. The maximum atomic E-state index is 10.2. The third-order valence-electron chi connectivity index (χ3n) is 2.68. The van der Waals surface area contributed by atoms with Crippen molar-refractivity contribution in [2.75, 3.05) is 13.1 Å². The van der Waals surface area contributed by atoms with Crippen molar-refractivity contribution in [1.82, 2.24) is 10.3 Å². The van der Waals surface area contributed by atoms with E-state index in [1.165, 1.54) is 0 Å². The number of carbonyl (C=O) groups is 1. The monoisotopic (exact) mass is 244 g/mol. The Morgan fingerprint density at radius 2 is 2.11 bits per heavy atom. The molecule has 1 aromatic heterocycles. The quantitative estimate of drug-likeness (QED) is 0.623. The van der Waals surface area contributed by atoms with Crippen molar-refractivity contribution >= 4 is 6.29 Å². The van der Waals surface area contributed by atoms with Gasteiger partial charge in [0.15, 0.2) is 0 Å². The summed E-state index contributed by atoms with van der Waals surface area (Å²) >= 11 is 0. The normalized spacial score (nSPS) is 10.5. The summed E-state index contributed by atoms with van der Waals surface area (Å²) in [6.45, 7) is 3.01. The van der Waals surface area contributed by atoms with Gasteiger partial charge in [0.1, 0.15) is 12.0 Å². The smallest absolute Gasteiger partial charge is 0.226 e. The minimum Gasteiger partial charge on any atom is -0.441 e. The first kappa shape index (κ1) is 12.5. The van der Waals surface area contributed by atoms with E-state index in [4.69, 9.17) is 4.42 Å². The number of benzene rings is 1. The molecule has 0 radical (unpaired) electrons. The van der Waals surface area contributed by atoms with Crippen molar-refractivity contribution in [3.63, 3.8) is 0 Å². The Kier molecular flexibility index (Phi) is 4.25. The standard InChI is InChI=1S/C14H16N2O2/c1-11-13(7-8-15-9-10-17)16-14(18-11)12-5-3-2-4-6-12/h2-6,10,15H,7-9H2,1H3. The molecule has 4 heteroatoms.